The largest absolute Gasteiger partial charge is 0.497 e. The van der Waals surface area contributed by atoms with E-state index in [2.05, 4.69) is 23.3 Å². The van der Waals surface area contributed by atoms with Crippen LogP contribution in [0.4, 0.5) is 10.5 Å². The zero-order valence-electron chi connectivity index (χ0n) is 8.49. The second-order valence-electron chi connectivity index (χ2n) is 2.84. The van der Waals surface area contributed by atoms with Crippen LogP contribution in [0.25, 0.3) is 0 Å². The van der Waals surface area contributed by atoms with Gasteiger partial charge in [-0.3, -0.25) is 0 Å². The van der Waals surface area contributed by atoms with E-state index < -0.39 is 0 Å². The highest BCUT2D eigenvalue weighted by atomic mass is 32.1. The van der Waals surface area contributed by atoms with Crippen LogP contribution in [0.15, 0.2) is 24.3 Å². The molecule has 0 fully saturated rings. The van der Waals surface area contributed by atoms with Gasteiger partial charge in [-0.2, -0.15) is 12.6 Å². The van der Waals surface area contributed by atoms with Crippen molar-refractivity contribution in [2.24, 2.45) is 0 Å². The van der Waals surface area contributed by atoms with Crippen LogP contribution < -0.4 is 15.4 Å². The van der Waals surface area contributed by atoms with Crippen molar-refractivity contribution in [2.45, 2.75) is 0 Å². The zero-order valence-corrected chi connectivity index (χ0v) is 9.38. The number of anilines is 1. The number of methoxy groups -OCH3 is 1. The molecule has 0 saturated heterocycles. The molecule has 0 heterocycles. The first kappa shape index (κ1) is 11.7. The highest BCUT2D eigenvalue weighted by molar-refractivity contribution is 7.80. The van der Waals surface area contributed by atoms with E-state index in [0.29, 0.717) is 23.7 Å². The van der Waals surface area contributed by atoms with Gasteiger partial charge in [-0.05, 0) is 12.1 Å². The highest BCUT2D eigenvalue weighted by Gasteiger charge is 2.00. The number of rotatable bonds is 4. The SMILES string of the molecule is COc1cccc(NC(=O)NCCS)c1. The Morgan fingerprint density at radius 1 is 1.53 bits per heavy atom. The average molecular weight is 226 g/mol. The molecule has 5 heteroatoms. The first-order valence-corrected chi connectivity index (χ1v) is 5.19. The van der Waals surface area contributed by atoms with Gasteiger partial charge in [0, 0.05) is 24.1 Å². The van der Waals surface area contributed by atoms with Gasteiger partial charge < -0.3 is 15.4 Å². The van der Waals surface area contributed by atoms with E-state index >= 15 is 0 Å². The van der Waals surface area contributed by atoms with Crippen molar-refractivity contribution >= 4 is 24.3 Å². The van der Waals surface area contributed by atoms with Crippen molar-refractivity contribution in [1.29, 1.82) is 0 Å². The lowest BCUT2D eigenvalue weighted by Crippen LogP contribution is -2.30. The molecule has 2 N–H and O–H groups in total. The summed E-state index contributed by atoms with van der Waals surface area (Å²) >= 11 is 3.99. The average Bonchev–Trinajstić information content (AvgIpc) is 2.26. The highest BCUT2D eigenvalue weighted by Crippen LogP contribution is 2.16. The molecule has 0 unspecified atom stereocenters. The third kappa shape index (κ3) is 4.12. The summed E-state index contributed by atoms with van der Waals surface area (Å²) in [5, 5.41) is 5.34. The third-order valence-corrected chi connectivity index (χ3v) is 1.95. The molecule has 1 aromatic carbocycles. The minimum atomic E-state index is -0.239. The zero-order chi connectivity index (χ0) is 11.1. The van der Waals surface area contributed by atoms with Crippen molar-refractivity contribution in [3.63, 3.8) is 0 Å². The first-order valence-electron chi connectivity index (χ1n) is 4.56. The maximum Gasteiger partial charge on any atom is 0.319 e. The molecule has 0 aromatic heterocycles. The van der Waals surface area contributed by atoms with Crippen molar-refractivity contribution in [3.05, 3.63) is 24.3 Å². The van der Waals surface area contributed by atoms with Gasteiger partial charge in [0.1, 0.15) is 5.75 Å². The second kappa shape index (κ2) is 6.19. The third-order valence-electron chi connectivity index (χ3n) is 1.72. The van der Waals surface area contributed by atoms with Gasteiger partial charge in [-0.25, -0.2) is 4.79 Å². The van der Waals surface area contributed by atoms with Crippen molar-refractivity contribution in [1.82, 2.24) is 5.32 Å². The molecular weight excluding hydrogens is 212 g/mol. The number of hydrogen-bond acceptors (Lipinski definition) is 3. The molecule has 0 bridgehead atoms. The predicted octanol–water partition coefficient (Wildman–Crippen LogP) is 1.75. The van der Waals surface area contributed by atoms with Crippen LogP contribution in [0.3, 0.4) is 0 Å². The number of urea groups is 1. The van der Waals surface area contributed by atoms with E-state index in [0.717, 1.165) is 0 Å². The number of thiol groups is 1. The van der Waals surface area contributed by atoms with Crippen LogP contribution in [0.1, 0.15) is 0 Å². The number of benzene rings is 1. The van der Waals surface area contributed by atoms with E-state index in [-0.39, 0.29) is 6.03 Å². The Kier molecular flexibility index (Phi) is 4.83. The Labute approximate surface area is 94.4 Å². The molecule has 2 amide bonds. The molecule has 0 atom stereocenters. The van der Waals surface area contributed by atoms with E-state index in [9.17, 15) is 4.79 Å². The van der Waals surface area contributed by atoms with Crippen molar-refractivity contribution in [2.75, 3.05) is 24.7 Å². The lowest BCUT2D eigenvalue weighted by molar-refractivity contribution is 0.252. The van der Waals surface area contributed by atoms with Crippen LogP contribution >= 0.6 is 12.6 Å². The van der Waals surface area contributed by atoms with Gasteiger partial charge >= 0.3 is 6.03 Å². The molecule has 0 saturated carbocycles. The standard InChI is InChI=1S/C10H14N2O2S/c1-14-9-4-2-3-8(7-9)12-10(13)11-5-6-15/h2-4,7,15H,5-6H2,1H3,(H2,11,12,13). The minimum Gasteiger partial charge on any atom is -0.497 e. The second-order valence-corrected chi connectivity index (χ2v) is 3.28. The maximum atomic E-state index is 11.3. The molecule has 82 valence electrons. The lowest BCUT2D eigenvalue weighted by atomic mass is 10.3. The number of nitrogens with one attached hydrogen (secondary N) is 2. The molecular formula is C10H14N2O2S. The predicted molar refractivity (Wildman–Crippen MR) is 63.9 cm³/mol. The van der Waals surface area contributed by atoms with Crippen LogP contribution in [-0.2, 0) is 0 Å². The van der Waals surface area contributed by atoms with Crippen LogP contribution in [0.5, 0.6) is 5.75 Å². The molecule has 0 aliphatic rings. The normalized spacial score (nSPS) is 9.47. The Balaban J connectivity index is 2.52. The number of carbonyl (C=O) groups is 1. The molecule has 0 radical (unpaired) electrons. The van der Waals surface area contributed by atoms with Crippen LogP contribution in [-0.4, -0.2) is 25.4 Å². The van der Waals surface area contributed by atoms with Gasteiger partial charge in [-0.15, -0.1) is 0 Å². The molecule has 0 spiro atoms. The lowest BCUT2D eigenvalue weighted by Gasteiger charge is -2.07. The Morgan fingerprint density at radius 2 is 2.33 bits per heavy atom. The molecule has 4 nitrogen and oxygen atoms in total. The van der Waals surface area contributed by atoms with Gasteiger partial charge in [0.25, 0.3) is 0 Å². The Morgan fingerprint density at radius 3 is 3.00 bits per heavy atom. The summed E-state index contributed by atoms with van der Waals surface area (Å²) in [7, 11) is 1.58. The first-order chi connectivity index (χ1) is 7.26. The number of hydrogen-bond donors (Lipinski definition) is 3. The van der Waals surface area contributed by atoms with E-state index in [1.807, 2.05) is 12.1 Å². The number of carbonyl (C=O) groups excluding carboxylic acids is 1. The fourth-order valence-corrected chi connectivity index (χ4v) is 1.16. The summed E-state index contributed by atoms with van der Waals surface area (Å²) in [6, 6.07) is 6.93. The summed E-state index contributed by atoms with van der Waals surface area (Å²) in [5.41, 5.74) is 0.700. The summed E-state index contributed by atoms with van der Waals surface area (Å²) in [5.74, 6) is 1.33. The summed E-state index contributed by atoms with van der Waals surface area (Å²) in [6.07, 6.45) is 0. The maximum absolute atomic E-state index is 11.3. The van der Waals surface area contributed by atoms with Gasteiger partial charge in [0.2, 0.25) is 0 Å². The van der Waals surface area contributed by atoms with E-state index in [1.54, 1.807) is 19.2 Å². The monoisotopic (exact) mass is 226 g/mol. The molecule has 0 aliphatic carbocycles. The fourth-order valence-electron chi connectivity index (χ4n) is 1.05. The smallest absolute Gasteiger partial charge is 0.319 e. The summed E-state index contributed by atoms with van der Waals surface area (Å²) in [4.78, 5) is 11.3. The van der Waals surface area contributed by atoms with E-state index in [4.69, 9.17) is 4.74 Å². The van der Waals surface area contributed by atoms with Crippen LogP contribution in [0.2, 0.25) is 0 Å². The molecule has 15 heavy (non-hydrogen) atoms. The molecule has 1 rings (SSSR count). The summed E-state index contributed by atoms with van der Waals surface area (Å²) < 4.78 is 5.03. The quantitative estimate of drug-likeness (QED) is 0.685. The van der Waals surface area contributed by atoms with Crippen molar-refractivity contribution < 1.29 is 9.53 Å². The Bertz CT molecular complexity index is 331. The topological polar surface area (TPSA) is 50.4 Å². The summed E-state index contributed by atoms with van der Waals surface area (Å²) in [6.45, 7) is 0.541. The van der Waals surface area contributed by atoms with Gasteiger partial charge in [0.05, 0.1) is 7.11 Å². The Hall–Kier alpha value is -1.36. The van der Waals surface area contributed by atoms with E-state index in [1.165, 1.54) is 0 Å². The fraction of sp³-hybridized carbons (Fsp3) is 0.300. The van der Waals surface area contributed by atoms with Crippen LogP contribution in [0, 0.1) is 0 Å². The number of ether oxygens (including phenoxy) is 1. The van der Waals surface area contributed by atoms with Gasteiger partial charge in [-0.1, -0.05) is 6.07 Å². The molecule has 1 aromatic rings. The minimum absolute atomic E-state index is 0.239. The number of amides is 2. The van der Waals surface area contributed by atoms with Crippen molar-refractivity contribution in [3.8, 4) is 5.75 Å². The van der Waals surface area contributed by atoms with Gasteiger partial charge in [0.15, 0.2) is 0 Å². The molecule has 0 aliphatic heterocycles.